The molecule has 0 spiro atoms. The predicted octanol–water partition coefficient (Wildman–Crippen LogP) is 2.76. The number of benzene rings is 1. The molecule has 0 aliphatic rings. The molecule has 0 saturated heterocycles. The van der Waals surface area contributed by atoms with Crippen LogP contribution in [0, 0.1) is 6.92 Å². The first-order valence-corrected chi connectivity index (χ1v) is 6.52. The van der Waals surface area contributed by atoms with Crippen molar-refractivity contribution in [2.24, 2.45) is 5.73 Å². The smallest absolute Gasteiger partial charge is 0.124 e. The summed E-state index contributed by atoms with van der Waals surface area (Å²) in [6.07, 6.45) is 2.08. The Bertz CT molecular complexity index is 312. The summed E-state index contributed by atoms with van der Waals surface area (Å²) in [6, 6.07) is 6.20. The molecule has 0 aromatic heterocycles. The lowest BCUT2D eigenvalue weighted by Crippen LogP contribution is -2.09. The third-order valence-electron chi connectivity index (χ3n) is 2.20. The molecule has 0 unspecified atom stereocenters. The number of nitrogens with two attached hydrogens (primary N) is 1. The molecule has 0 aliphatic heterocycles. The molecule has 1 aromatic rings. The summed E-state index contributed by atoms with van der Waals surface area (Å²) < 4.78 is 5.72. The van der Waals surface area contributed by atoms with Crippen molar-refractivity contribution in [3.63, 3.8) is 0 Å². The van der Waals surface area contributed by atoms with Crippen molar-refractivity contribution >= 4 is 11.8 Å². The summed E-state index contributed by atoms with van der Waals surface area (Å²) in [6.45, 7) is 4.78. The van der Waals surface area contributed by atoms with Crippen LogP contribution in [0.1, 0.15) is 24.1 Å². The highest BCUT2D eigenvalue weighted by Gasteiger charge is 2.07. The lowest BCUT2D eigenvalue weighted by molar-refractivity contribution is 0.338. The highest BCUT2D eigenvalue weighted by molar-refractivity contribution is 7.98. The van der Waals surface area contributed by atoms with Crippen molar-refractivity contribution in [1.82, 2.24) is 0 Å². The van der Waals surface area contributed by atoms with Gasteiger partial charge in [-0.1, -0.05) is 12.1 Å². The number of aryl methyl sites for hydroxylation is 1. The molecule has 15 heavy (non-hydrogen) atoms. The molecule has 0 amide bonds. The molecule has 2 N–H and O–H groups in total. The van der Waals surface area contributed by atoms with Gasteiger partial charge < -0.3 is 10.5 Å². The van der Waals surface area contributed by atoms with Gasteiger partial charge in [-0.05, 0) is 31.7 Å². The number of ether oxygens (including phenoxy) is 1. The van der Waals surface area contributed by atoms with E-state index in [0.29, 0.717) is 0 Å². The molecule has 1 aromatic carbocycles. The lowest BCUT2D eigenvalue weighted by Gasteiger charge is -2.14. The fraction of sp³-hybridized carbons (Fsp3) is 0.500. The first-order valence-electron chi connectivity index (χ1n) is 5.13. The van der Waals surface area contributed by atoms with E-state index >= 15 is 0 Å². The van der Waals surface area contributed by atoms with Gasteiger partial charge in [-0.2, -0.15) is 11.8 Å². The molecule has 0 radical (unpaired) electrons. The van der Waals surface area contributed by atoms with Gasteiger partial charge in [0.05, 0.1) is 6.61 Å². The van der Waals surface area contributed by atoms with Gasteiger partial charge in [-0.15, -0.1) is 0 Å². The molecule has 1 rings (SSSR count). The van der Waals surface area contributed by atoms with Gasteiger partial charge in [0.15, 0.2) is 0 Å². The Morgan fingerprint density at radius 3 is 2.80 bits per heavy atom. The Kier molecular flexibility index (Phi) is 4.99. The maximum Gasteiger partial charge on any atom is 0.124 e. The second-order valence-corrected chi connectivity index (χ2v) is 4.66. The first kappa shape index (κ1) is 12.4. The molecular weight excluding hydrogens is 206 g/mol. The Balaban J connectivity index is 2.77. The molecule has 0 bridgehead atoms. The van der Waals surface area contributed by atoms with Crippen LogP contribution in [0.25, 0.3) is 0 Å². The van der Waals surface area contributed by atoms with E-state index in [1.54, 1.807) is 11.8 Å². The summed E-state index contributed by atoms with van der Waals surface area (Å²) in [5, 5.41) is 0. The Morgan fingerprint density at radius 1 is 1.47 bits per heavy atom. The van der Waals surface area contributed by atoms with Crippen LogP contribution in [-0.2, 0) is 0 Å². The van der Waals surface area contributed by atoms with Crippen LogP contribution in [0.3, 0.4) is 0 Å². The Morgan fingerprint density at radius 2 is 2.20 bits per heavy atom. The molecule has 84 valence electrons. The Labute approximate surface area is 96.2 Å². The molecule has 0 heterocycles. The number of hydrogen-bond acceptors (Lipinski definition) is 3. The van der Waals surface area contributed by atoms with Gasteiger partial charge in [-0.3, -0.25) is 0 Å². The van der Waals surface area contributed by atoms with Gasteiger partial charge in [0.1, 0.15) is 5.75 Å². The highest BCUT2D eigenvalue weighted by atomic mass is 32.2. The summed E-state index contributed by atoms with van der Waals surface area (Å²) in [5.41, 5.74) is 8.18. The number of hydrogen-bond donors (Lipinski definition) is 1. The van der Waals surface area contributed by atoms with Crippen LogP contribution in [0.2, 0.25) is 0 Å². The van der Waals surface area contributed by atoms with Gasteiger partial charge >= 0.3 is 0 Å². The van der Waals surface area contributed by atoms with Gasteiger partial charge in [0, 0.05) is 17.4 Å². The lowest BCUT2D eigenvalue weighted by atomic mass is 10.1. The number of rotatable bonds is 5. The van der Waals surface area contributed by atoms with Crippen LogP contribution in [-0.4, -0.2) is 18.6 Å². The predicted molar refractivity (Wildman–Crippen MR) is 67.7 cm³/mol. The summed E-state index contributed by atoms with van der Waals surface area (Å²) in [4.78, 5) is 0. The van der Waals surface area contributed by atoms with Crippen molar-refractivity contribution < 1.29 is 4.74 Å². The van der Waals surface area contributed by atoms with Gasteiger partial charge in [0.25, 0.3) is 0 Å². The summed E-state index contributed by atoms with van der Waals surface area (Å²) >= 11 is 1.78. The first-order chi connectivity index (χ1) is 7.15. The number of thioether (sulfide) groups is 1. The van der Waals surface area contributed by atoms with Crippen LogP contribution >= 0.6 is 11.8 Å². The third-order valence-corrected chi connectivity index (χ3v) is 2.78. The maximum absolute atomic E-state index is 5.88. The summed E-state index contributed by atoms with van der Waals surface area (Å²) in [7, 11) is 0. The van der Waals surface area contributed by atoms with E-state index in [1.165, 1.54) is 5.56 Å². The molecular formula is C12H19NOS. The summed E-state index contributed by atoms with van der Waals surface area (Å²) in [5.74, 6) is 1.94. The van der Waals surface area contributed by atoms with Crippen molar-refractivity contribution in [2.75, 3.05) is 18.6 Å². The second-order valence-electron chi connectivity index (χ2n) is 3.67. The average Bonchev–Trinajstić information content (AvgIpc) is 2.18. The second kappa shape index (κ2) is 6.03. The zero-order valence-electron chi connectivity index (χ0n) is 9.62. The van der Waals surface area contributed by atoms with Crippen LogP contribution in [0.15, 0.2) is 18.2 Å². The Hall–Kier alpha value is -0.670. The molecule has 0 saturated carbocycles. The quantitative estimate of drug-likeness (QED) is 0.783. The normalized spacial score (nSPS) is 12.5. The third kappa shape index (κ3) is 3.76. The largest absolute Gasteiger partial charge is 0.492 e. The highest BCUT2D eigenvalue weighted by Crippen LogP contribution is 2.25. The van der Waals surface area contributed by atoms with E-state index in [2.05, 4.69) is 31.4 Å². The minimum atomic E-state index is 0.0230. The van der Waals surface area contributed by atoms with Crippen molar-refractivity contribution in [1.29, 1.82) is 0 Å². The fourth-order valence-corrected chi connectivity index (χ4v) is 1.63. The minimum absolute atomic E-state index is 0.0230. The molecule has 0 aliphatic carbocycles. The maximum atomic E-state index is 5.88. The zero-order chi connectivity index (χ0) is 11.3. The molecule has 2 nitrogen and oxygen atoms in total. The van der Waals surface area contributed by atoms with Crippen molar-refractivity contribution in [2.45, 2.75) is 19.9 Å². The topological polar surface area (TPSA) is 35.2 Å². The SMILES string of the molecule is CSCCOc1cc(C)ccc1[C@H](C)N. The van der Waals surface area contributed by atoms with Gasteiger partial charge in [0.2, 0.25) is 0 Å². The van der Waals surface area contributed by atoms with Crippen LogP contribution < -0.4 is 10.5 Å². The fourth-order valence-electron chi connectivity index (χ4n) is 1.38. The molecule has 0 fully saturated rings. The van der Waals surface area contributed by atoms with Crippen molar-refractivity contribution in [3.05, 3.63) is 29.3 Å². The van der Waals surface area contributed by atoms with E-state index in [-0.39, 0.29) is 6.04 Å². The van der Waals surface area contributed by atoms with Gasteiger partial charge in [-0.25, -0.2) is 0 Å². The van der Waals surface area contributed by atoms with Crippen molar-refractivity contribution in [3.8, 4) is 5.75 Å². The van der Waals surface area contributed by atoms with E-state index in [0.717, 1.165) is 23.7 Å². The van der Waals surface area contributed by atoms with Crippen LogP contribution in [0.5, 0.6) is 5.75 Å². The zero-order valence-corrected chi connectivity index (χ0v) is 10.4. The average molecular weight is 225 g/mol. The van der Waals surface area contributed by atoms with E-state index in [4.69, 9.17) is 10.5 Å². The van der Waals surface area contributed by atoms with E-state index < -0.39 is 0 Å². The molecule has 3 heteroatoms. The van der Waals surface area contributed by atoms with Crippen LogP contribution in [0.4, 0.5) is 0 Å². The monoisotopic (exact) mass is 225 g/mol. The van der Waals surface area contributed by atoms with E-state index in [9.17, 15) is 0 Å². The standard InChI is InChI=1S/C12H19NOS/c1-9-4-5-11(10(2)13)12(8-9)14-6-7-15-3/h4-5,8,10H,6-7,13H2,1-3H3/t10-/m0/s1. The van der Waals surface area contributed by atoms with E-state index in [1.807, 2.05) is 6.92 Å². The molecule has 1 atom stereocenters. The minimum Gasteiger partial charge on any atom is -0.492 e.